The van der Waals surface area contributed by atoms with E-state index in [9.17, 15) is 24.0 Å². The monoisotopic (exact) mass is 978 g/mol. The lowest BCUT2D eigenvalue weighted by Gasteiger charge is -2.29. The molecule has 2 aliphatic heterocycles. The molecule has 0 saturated heterocycles. The number of halogens is 2. The summed E-state index contributed by atoms with van der Waals surface area (Å²) in [5, 5.41) is 3.26. The molecule has 0 spiro atoms. The Labute approximate surface area is 403 Å². The molecule has 24 heteroatoms. The maximum Gasteiger partial charge on any atom is 0.417 e. The minimum Gasteiger partial charge on any atom is -0.493 e. The maximum absolute atomic E-state index is 13.6. The zero-order valence-electron chi connectivity index (χ0n) is 38.7. The van der Waals surface area contributed by atoms with Gasteiger partial charge in [0, 0.05) is 48.4 Å². The highest BCUT2D eigenvalue weighted by Gasteiger charge is 2.30. The summed E-state index contributed by atoms with van der Waals surface area (Å²) in [5.41, 5.74) is 23.1. The van der Waals surface area contributed by atoms with Crippen LogP contribution >= 0.6 is 23.2 Å². The number of alkyl halides is 2. The van der Waals surface area contributed by atoms with Gasteiger partial charge in [-0.3, -0.25) is 29.0 Å². The summed E-state index contributed by atoms with van der Waals surface area (Å²) >= 11 is 9.53. The summed E-state index contributed by atoms with van der Waals surface area (Å²) in [6, 6.07) is 12.9. The van der Waals surface area contributed by atoms with Gasteiger partial charge in [-0.1, -0.05) is 0 Å². The molecule has 364 valence electrons. The molecule has 0 bridgehead atoms. The first-order valence-electron chi connectivity index (χ1n) is 21.1. The molecule has 2 aromatic carbocycles. The Morgan fingerprint density at radius 2 is 1.19 bits per heavy atom. The molecule has 0 fully saturated rings. The molecule has 0 radical (unpaired) electrons. The average Bonchev–Trinajstić information content (AvgIpc) is 3.93. The highest BCUT2D eigenvalue weighted by molar-refractivity contribution is 6.40. The van der Waals surface area contributed by atoms with E-state index in [1.807, 2.05) is 13.8 Å². The molecule has 9 N–H and O–H groups in total. The van der Waals surface area contributed by atoms with Gasteiger partial charge in [0.25, 0.3) is 23.6 Å². The second-order valence-corrected chi connectivity index (χ2v) is 17.1. The van der Waals surface area contributed by atoms with Crippen molar-refractivity contribution in [3.8, 4) is 11.5 Å². The van der Waals surface area contributed by atoms with Crippen molar-refractivity contribution < 1.29 is 38.2 Å². The van der Waals surface area contributed by atoms with Crippen LogP contribution in [0.3, 0.4) is 0 Å². The summed E-state index contributed by atoms with van der Waals surface area (Å²) in [5.74, 6) is -0.991. The van der Waals surface area contributed by atoms with Crippen molar-refractivity contribution in [2.24, 2.45) is 32.9 Å². The van der Waals surface area contributed by atoms with Crippen molar-refractivity contribution in [1.29, 1.82) is 0 Å². The summed E-state index contributed by atoms with van der Waals surface area (Å²) in [4.78, 5) is 92.1. The van der Waals surface area contributed by atoms with Crippen LogP contribution in [0.4, 0.5) is 28.3 Å². The van der Waals surface area contributed by atoms with E-state index in [2.05, 4.69) is 35.2 Å². The van der Waals surface area contributed by atoms with Gasteiger partial charge in [-0.15, -0.1) is 23.2 Å². The number of nitrogens with two attached hydrogens (primary N) is 4. The van der Waals surface area contributed by atoms with Gasteiger partial charge in [0.15, 0.2) is 11.9 Å². The minimum atomic E-state index is -0.749. The predicted molar refractivity (Wildman–Crippen MR) is 260 cm³/mol. The van der Waals surface area contributed by atoms with E-state index in [1.165, 1.54) is 28.3 Å². The van der Waals surface area contributed by atoms with Crippen LogP contribution in [0.25, 0.3) is 0 Å². The highest BCUT2D eigenvalue weighted by atomic mass is 35.5. The van der Waals surface area contributed by atoms with Crippen molar-refractivity contribution in [3.63, 3.8) is 0 Å². The molecule has 4 aromatic rings. The third-order valence-corrected chi connectivity index (χ3v) is 9.02. The molecule has 68 heavy (non-hydrogen) atoms. The number of hydrogen-bond donors (Lipinski definition) is 5. The Kier molecular flexibility index (Phi) is 19.2. The van der Waals surface area contributed by atoms with Gasteiger partial charge in [0.1, 0.15) is 41.8 Å². The van der Waals surface area contributed by atoms with Crippen LogP contribution in [-0.4, -0.2) is 111 Å². The summed E-state index contributed by atoms with van der Waals surface area (Å²) < 4.78 is 16.5. The molecule has 0 saturated carbocycles. The number of guanidine groups is 2. The number of nitrogens with one attached hydrogen (secondary N) is 1. The fraction of sp³-hybridized carbons (Fsp3) is 0.386. The Morgan fingerprint density at radius 1 is 0.735 bits per heavy atom. The van der Waals surface area contributed by atoms with E-state index in [-0.39, 0.29) is 47.5 Å². The number of aromatic nitrogens is 4. The minimum absolute atomic E-state index is 0.00573. The maximum atomic E-state index is 13.6. The molecule has 2 aromatic heterocycles. The van der Waals surface area contributed by atoms with Crippen LogP contribution < -0.4 is 52.4 Å². The predicted octanol–water partition coefficient (Wildman–Crippen LogP) is 4.11. The molecule has 6 rings (SSSR count). The number of fused-ring (bicyclic) bond motifs is 2. The number of amides is 5. The smallest absolute Gasteiger partial charge is 0.417 e. The van der Waals surface area contributed by atoms with Crippen molar-refractivity contribution in [1.82, 2.24) is 19.9 Å². The van der Waals surface area contributed by atoms with Crippen molar-refractivity contribution in [3.05, 3.63) is 83.2 Å². The Morgan fingerprint density at radius 3 is 1.62 bits per heavy atom. The van der Waals surface area contributed by atoms with Crippen LogP contribution in [0.5, 0.6) is 11.5 Å². The topological polar surface area (TPSA) is 315 Å². The molecule has 0 unspecified atom stereocenters. The molecule has 2 aliphatic rings. The van der Waals surface area contributed by atoms with Gasteiger partial charge in [-0.2, -0.15) is 20.0 Å². The second-order valence-electron chi connectivity index (χ2n) is 16.3. The molecule has 0 atom stereocenters. The largest absolute Gasteiger partial charge is 0.493 e. The lowest BCUT2D eigenvalue weighted by atomic mass is 10.1. The van der Waals surface area contributed by atoms with Gasteiger partial charge in [-0.05, 0) is 108 Å². The van der Waals surface area contributed by atoms with Crippen molar-refractivity contribution >= 4 is 88.4 Å². The fourth-order valence-corrected chi connectivity index (χ4v) is 6.36. The molecule has 0 aliphatic carbocycles. The Balaban J connectivity index is 0.000000286. The zero-order valence-corrected chi connectivity index (χ0v) is 40.2. The van der Waals surface area contributed by atoms with Crippen molar-refractivity contribution in [2.45, 2.75) is 79.0 Å². The first-order chi connectivity index (χ1) is 32.1. The molecule has 4 heterocycles. The molecular weight excluding hydrogens is 923 g/mol. The van der Waals surface area contributed by atoms with Crippen LogP contribution in [-0.2, 0) is 27.2 Å². The number of hydrogen-bond acceptors (Lipinski definition) is 13. The Bertz CT molecular complexity index is 2510. The number of ether oxygens (including phenoxy) is 3. The van der Waals surface area contributed by atoms with E-state index < -0.39 is 47.8 Å². The first-order valence-corrected chi connectivity index (χ1v) is 22.1. The van der Waals surface area contributed by atoms with Gasteiger partial charge >= 0.3 is 6.09 Å². The first kappa shape index (κ1) is 53.3. The Hall–Kier alpha value is -7.33. The van der Waals surface area contributed by atoms with E-state index >= 15 is 0 Å². The lowest BCUT2D eigenvalue weighted by Crippen LogP contribution is -2.42. The normalized spacial score (nSPS) is 12.0. The number of nitrogens with zero attached hydrogens (tertiary/aromatic N) is 9. The molecule has 5 amide bonds. The fourth-order valence-electron chi connectivity index (χ4n) is 6.36. The SMILES string of the molecule is CC(C)N(C(=O)OC(C)(C)C)c1nccc(N(CC(=O)N=C(N)N)C(=O)c2ccc3c(c2)CCO3)n1.CC(C)Nc1nccc(N(CC(=O)N=C(N)N)C(=O)c2ccc3c(c2)CCO3)n1.ClCCl. The molecule has 22 nitrogen and oxygen atoms in total. The van der Waals surface area contributed by atoms with Gasteiger partial charge in [0.2, 0.25) is 11.9 Å². The standard InChI is InChI=1S/C24H31N7O5.C19H23N7O3.CH2Cl2/c1-14(2)31(23(34)36-24(3,4)5)22-27-10-8-18(28-22)30(13-19(32)29-21(25)26)20(33)16-6-7-17-15(12-16)9-11-35-17;1-11(2)23-19-22-7-5-15(24-19)26(10-16(27)25-18(20)21)17(28)13-3-4-14-12(9-13)6-8-29-14;2-1-3/h6-8,10,12,14H,9,11,13H2,1-5H3,(H4,25,26,29,32);3-5,7,9,11H,6,8,10H2,1-2H3,(H,22,23,24)(H4,20,21,25,27);1H2. The second kappa shape index (κ2) is 24.4. The number of carbonyl (C=O) groups is 5. The third kappa shape index (κ3) is 15.6. The lowest BCUT2D eigenvalue weighted by molar-refractivity contribution is -0.117. The van der Waals surface area contributed by atoms with E-state index in [0.717, 1.165) is 28.2 Å². The number of anilines is 4. The van der Waals surface area contributed by atoms with Crippen LogP contribution in [0.15, 0.2) is 70.9 Å². The van der Waals surface area contributed by atoms with Crippen molar-refractivity contribution in [2.75, 3.05) is 51.7 Å². The van der Waals surface area contributed by atoms with Gasteiger partial charge in [-0.25, -0.2) is 19.7 Å². The third-order valence-electron chi connectivity index (χ3n) is 9.02. The number of carbonyl (C=O) groups excluding carboxylic acids is 5. The highest BCUT2D eigenvalue weighted by Crippen LogP contribution is 2.29. The van der Waals surface area contributed by atoms with Crippen LogP contribution in [0.1, 0.15) is 80.3 Å². The van der Waals surface area contributed by atoms with E-state index in [1.54, 1.807) is 77.1 Å². The van der Waals surface area contributed by atoms with Gasteiger partial charge < -0.3 is 42.5 Å². The van der Waals surface area contributed by atoms with E-state index in [4.69, 9.17) is 60.3 Å². The van der Waals surface area contributed by atoms with Crippen LogP contribution in [0, 0.1) is 0 Å². The zero-order chi connectivity index (χ0) is 50.3. The van der Waals surface area contributed by atoms with Crippen LogP contribution in [0.2, 0.25) is 0 Å². The molecular formula is C44H56Cl2N14O8. The number of aliphatic imine (C=N–C) groups is 2. The van der Waals surface area contributed by atoms with Gasteiger partial charge in [0.05, 0.1) is 18.6 Å². The number of benzene rings is 2. The number of rotatable bonds is 12. The summed E-state index contributed by atoms with van der Waals surface area (Å²) in [7, 11) is 0. The average molecular weight is 980 g/mol. The summed E-state index contributed by atoms with van der Waals surface area (Å²) in [6.07, 6.45) is 3.64. The van der Waals surface area contributed by atoms with E-state index in [0.29, 0.717) is 42.5 Å². The summed E-state index contributed by atoms with van der Waals surface area (Å²) in [6.45, 7) is 12.9. The quantitative estimate of drug-likeness (QED) is 0.0758.